The number of benzene rings is 1. The summed E-state index contributed by atoms with van der Waals surface area (Å²) in [4.78, 5) is 12.7. The van der Waals surface area contributed by atoms with Gasteiger partial charge in [0.25, 0.3) is 0 Å². The number of nitrogens with zero attached hydrogens (tertiary/aromatic N) is 3. The van der Waals surface area contributed by atoms with Crippen LogP contribution in [-0.4, -0.2) is 21.5 Å². The van der Waals surface area contributed by atoms with E-state index >= 15 is 0 Å². The zero-order chi connectivity index (χ0) is 16.9. The van der Waals surface area contributed by atoms with E-state index in [0.717, 1.165) is 5.56 Å². The zero-order valence-corrected chi connectivity index (χ0v) is 12.9. The first-order valence-electron chi connectivity index (χ1n) is 7.41. The SMILES string of the molecule is CCNc1nc(Nc2c(F)cccc2F)cc(-c2cccnc2)n1. The Morgan fingerprint density at radius 2 is 1.83 bits per heavy atom. The van der Waals surface area contributed by atoms with Gasteiger partial charge in [-0.25, -0.2) is 13.8 Å². The number of rotatable bonds is 5. The van der Waals surface area contributed by atoms with Gasteiger partial charge < -0.3 is 10.6 Å². The van der Waals surface area contributed by atoms with Gasteiger partial charge >= 0.3 is 0 Å². The van der Waals surface area contributed by atoms with Crippen LogP contribution in [-0.2, 0) is 0 Å². The third kappa shape index (κ3) is 3.45. The number of hydrogen-bond acceptors (Lipinski definition) is 5. The maximum absolute atomic E-state index is 13.8. The first kappa shape index (κ1) is 15.8. The fraction of sp³-hybridized carbons (Fsp3) is 0.118. The molecule has 0 aliphatic heterocycles. The molecule has 0 amide bonds. The van der Waals surface area contributed by atoms with E-state index in [1.165, 1.54) is 18.2 Å². The van der Waals surface area contributed by atoms with Crippen LogP contribution in [0.1, 0.15) is 6.92 Å². The lowest BCUT2D eigenvalue weighted by atomic mass is 10.2. The minimum atomic E-state index is -0.693. The molecule has 2 N–H and O–H groups in total. The van der Waals surface area contributed by atoms with Crippen molar-refractivity contribution in [1.29, 1.82) is 0 Å². The molecular weight excluding hydrogens is 312 g/mol. The van der Waals surface area contributed by atoms with Gasteiger partial charge in [0, 0.05) is 30.6 Å². The van der Waals surface area contributed by atoms with Gasteiger partial charge in [-0.1, -0.05) is 6.07 Å². The van der Waals surface area contributed by atoms with Crippen molar-refractivity contribution in [3.05, 3.63) is 60.4 Å². The summed E-state index contributed by atoms with van der Waals surface area (Å²) in [7, 11) is 0. The van der Waals surface area contributed by atoms with Crippen molar-refractivity contribution in [2.24, 2.45) is 0 Å². The van der Waals surface area contributed by atoms with Crippen molar-refractivity contribution in [3.63, 3.8) is 0 Å². The lowest BCUT2D eigenvalue weighted by Crippen LogP contribution is -2.06. The quantitative estimate of drug-likeness (QED) is 0.742. The van der Waals surface area contributed by atoms with Gasteiger partial charge in [0.15, 0.2) is 0 Å². The molecule has 3 rings (SSSR count). The highest BCUT2D eigenvalue weighted by Gasteiger charge is 2.12. The van der Waals surface area contributed by atoms with E-state index in [1.54, 1.807) is 24.5 Å². The van der Waals surface area contributed by atoms with Gasteiger partial charge in [-0.2, -0.15) is 4.98 Å². The predicted molar refractivity (Wildman–Crippen MR) is 89.1 cm³/mol. The number of pyridine rings is 1. The van der Waals surface area contributed by atoms with Crippen LogP contribution in [0.25, 0.3) is 11.3 Å². The molecule has 0 bridgehead atoms. The van der Waals surface area contributed by atoms with E-state index in [2.05, 4.69) is 25.6 Å². The molecule has 24 heavy (non-hydrogen) atoms. The molecule has 0 fully saturated rings. The average Bonchev–Trinajstić information content (AvgIpc) is 2.59. The highest BCUT2D eigenvalue weighted by molar-refractivity contribution is 5.67. The molecule has 122 valence electrons. The Morgan fingerprint density at radius 3 is 2.50 bits per heavy atom. The number of anilines is 3. The number of hydrogen-bond donors (Lipinski definition) is 2. The molecule has 0 saturated heterocycles. The molecular formula is C17H15F2N5. The Hall–Kier alpha value is -3.09. The Morgan fingerprint density at radius 1 is 1.04 bits per heavy atom. The Bertz CT molecular complexity index is 819. The summed E-state index contributed by atoms with van der Waals surface area (Å²) in [5, 5.41) is 5.69. The van der Waals surface area contributed by atoms with Crippen LogP contribution in [0.4, 0.5) is 26.2 Å². The van der Waals surface area contributed by atoms with Crippen molar-refractivity contribution in [3.8, 4) is 11.3 Å². The molecule has 3 aromatic rings. The largest absolute Gasteiger partial charge is 0.354 e. The van der Waals surface area contributed by atoms with E-state index in [-0.39, 0.29) is 11.5 Å². The number of aromatic nitrogens is 3. The standard InChI is InChI=1S/C17H15F2N5/c1-2-21-17-22-14(11-5-4-8-20-10-11)9-15(24-17)23-16-12(18)6-3-7-13(16)19/h3-10H,2H2,1H3,(H2,21,22,23,24). The van der Waals surface area contributed by atoms with Crippen molar-refractivity contribution in [1.82, 2.24) is 15.0 Å². The topological polar surface area (TPSA) is 62.7 Å². The Kier molecular flexibility index (Phi) is 4.60. The van der Waals surface area contributed by atoms with E-state index in [9.17, 15) is 8.78 Å². The van der Waals surface area contributed by atoms with Crippen LogP contribution in [0.5, 0.6) is 0 Å². The van der Waals surface area contributed by atoms with Gasteiger partial charge in [-0.05, 0) is 31.2 Å². The molecule has 0 saturated carbocycles. The van der Waals surface area contributed by atoms with Crippen LogP contribution in [0.15, 0.2) is 48.8 Å². The number of nitrogens with one attached hydrogen (secondary N) is 2. The maximum Gasteiger partial charge on any atom is 0.225 e. The van der Waals surface area contributed by atoms with Gasteiger partial charge in [-0.3, -0.25) is 4.98 Å². The van der Waals surface area contributed by atoms with Crippen molar-refractivity contribution >= 4 is 17.5 Å². The first-order chi connectivity index (χ1) is 11.7. The lowest BCUT2D eigenvalue weighted by molar-refractivity contribution is 0.590. The lowest BCUT2D eigenvalue weighted by Gasteiger charge is -2.11. The van der Waals surface area contributed by atoms with E-state index in [4.69, 9.17) is 0 Å². The third-order valence-electron chi connectivity index (χ3n) is 3.23. The second kappa shape index (κ2) is 6.99. The fourth-order valence-electron chi connectivity index (χ4n) is 2.16. The smallest absolute Gasteiger partial charge is 0.225 e. The van der Waals surface area contributed by atoms with Crippen LogP contribution in [0.2, 0.25) is 0 Å². The van der Waals surface area contributed by atoms with Gasteiger partial charge in [0.2, 0.25) is 5.95 Å². The van der Waals surface area contributed by atoms with Crippen molar-refractivity contribution in [2.45, 2.75) is 6.92 Å². The molecule has 0 radical (unpaired) electrons. The summed E-state index contributed by atoms with van der Waals surface area (Å²) in [6.45, 7) is 2.52. The molecule has 0 atom stereocenters. The summed E-state index contributed by atoms with van der Waals surface area (Å²) in [5.74, 6) is -0.745. The highest BCUT2D eigenvalue weighted by atomic mass is 19.1. The maximum atomic E-state index is 13.8. The molecule has 0 aliphatic rings. The molecule has 2 aromatic heterocycles. The van der Waals surface area contributed by atoms with Crippen LogP contribution >= 0.6 is 0 Å². The van der Waals surface area contributed by atoms with Crippen LogP contribution < -0.4 is 10.6 Å². The second-order valence-corrected chi connectivity index (χ2v) is 4.96. The fourth-order valence-corrected chi connectivity index (χ4v) is 2.16. The van der Waals surface area contributed by atoms with Crippen LogP contribution in [0, 0.1) is 11.6 Å². The van der Waals surface area contributed by atoms with Gasteiger partial charge in [0.1, 0.15) is 23.1 Å². The molecule has 7 heteroatoms. The number of para-hydroxylation sites is 1. The molecule has 5 nitrogen and oxygen atoms in total. The normalized spacial score (nSPS) is 10.5. The Balaban J connectivity index is 2.02. The Labute approximate surface area is 137 Å². The highest BCUT2D eigenvalue weighted by Crippen LogP contribution is 2.26. The molecule has 0 unspecified atom stereocenters. The number of halogens is 2. The summed E-state index contributed by atoms with van der Waals surface area (Å²) in [6.07, 6.45) is 3.31. The summed E-state index contributed by atoms with van der Waals surface area (Å²) in [5.41, 5.74) is 1.11. The van der Waals surface area contributed by atoms with Gasteiger partial charge in [0.05, 0.1) is 5.69 Å². The monoisotopic (exact) mass is 327 g/mol. The van der Waals surface area contributed by atoms with Gasteiger partial charge in [-0.15, -0.1) is 0 Å². The zero-order valence-electron chi connectivity index (χ0n) is 12.9. The second-order valence-electron chi connectivity index (χ2n) is 4.96. The predicted octanol–water partition coefficient (Wildman–Crippen LogP) is 3.99. The first-order valence-corrected chi connectivity index (χ1v) is 7.41. The van der Waals surface area contributed by atoms with E-state index < -0.39 is 11.6 Å². The van der Waals surface area contributed by atoms with Crippen molar-refractivity contribution < 1.29 is 8.78 Å². The molecule has 0 aliphatic carbocycles. The minimum absolute atomic E-state index is 0.254. The van der Waals surface area contributed by atoms with Crippen LogP contribution in [0.3, 0.4) is 0 Å². The van der Waals surface area contributed by atoms with E-state index in [0.29, 0.717) is 18.2 Å². The van der Waals surface area contributed by atoms with Crippen molar-refractivity contribution in [2.75, 3.05) is 17.2 Å². The van der Waals surface area contributed by atoms with E-state index in [1.807, 2.05) is 13.0 Å². The average molecular weight is 327 g/mol. The summed E-state index contributed by atoms with van der Waals surface area (Å²) >= 11 is 0. The molecule has 1 aromatic carbocycles. The molecule has 0 spiro atoms. The summed E-state index contributed by atoms with van der Waals surface area (Å²) in [6, 6.07) is 8.91. The third-order valence-corrected chi connectivity index (χ3v) is 3.23. The summed E-state index contributed by atoms with van der Waals surface area (Å²) < 4.78 is 27.7. The molecule has 2 heterocycles. The minimum Gasteiger partial charge on any atom is -0.354 e.